The highest BCUT2D eigenvalue weighted by molar-refractivity contribution is 5.92. The monoisotopic (exact) mass is 443 g/mol. The minimum absolute atomic E-state index is 0.0348. The Balaban J connectivity index is 1.36. The van der Waals surface area contributed by atoms with E-state index in [0.717, 1.165) is 24.9 Å². The summed E-state index contributed by atoms with van der Waals surface area (Å²) in [4.78, 5) is 35.4. The van der Waals surface area contributed by atoms with Crippen molar-refractivity contribution in [3.05, 3.63) is 54.4 Å². The third kappa shape index (κ3) is 4.33. The number of nitrogens with two attached hydrogens (primary N) is 1. The minimum atomic E-state index is -0.187. The van der Waals surface area contributed by atoms with Gasteiger partial charge in [0.05, 0.1) is 5.56 Å². The Hall–Kier alpha value is -4.41. The Labute approximate surface area is 189 Å². The van der Waals surface area contributed by atoms with E-state index in [1.165, 1.54) is 6.20 Å². The zero-order valence-electron chi connectivity index (χ0n) is 17.8. The molecule has 33 heavy (non-hydrogen) atoms. The number of benzene rings is 1. The van der Waals surface area contributed by atoms with Gasteiger partial charge in [-0.3, -0.25) is 9.78 Å². The fourth-order valence-corrected chi connectivity index (χ4v) is 3.30. The molecule has 166 valence electrons. The molecule has 5 rings (SSSR count). The molecule has 1 saturated carbocycles. The lowest BCUT2D eigenvalue weighted by molar-refractivity contribution is 0.0912. The van der Waals surface area contributed by atoms with Gasteiger partial charge in [0.25, 0.3) is 11.8 Å². The number of nitrogen functional groups attached to an aromatic ring is 1. The Morgan fingerprint density at radius 2 is 1.88 bits per heavy atom. The summed E-state index contributed by atoms with van der Waals surface area (Å²) in [5, 5.41) is 6.93. The Morgan fingerprint density at radius 1 is 1.06 bits per heavy atom. The van der Waals surface area contributed by atoms with Gasteiger partial charge in [-0.05, 0) is 43.5 Å². The second kappa shape index (κ2) is 8.61. The molecule has 1 aliphatic rings. The Morgan fingerprint density at radius 3 is 2.58 bits per heavy atom. The fraction of sp³-hybridized carbons (Fsp3) is 0.227. The fourth-order valence-electron chi connectivity index (χ4n) is 3.30. The molecule has 3 aromatic heterocycles. The zero-order valence-corrected chi connectivity index (χ0v) is 17.8. The summed E-state index contributed by atoms with van der Waals surface area (Å²) in [5.74, 6) is 0.758. The maximum absolute atomic E-state index is 12.2. The van der Waals surface area contributed by atoms with Gasteiger partial charge in [0.1, 0.15) is 5.69 Å². The topological polar surface area (TPSA) is 149 Å². The summed E-state index contributed by atoms with van der Waals surface area (Å²) in [7, 11) is 1.82. The molecule has 0 spiro atoms. The number of hydrogen-bond acceptors (Lipinski definition) is 10. The van der Waals surface area contributed by atoms with Crippen LogP contribution in [0.5, 0.6) is 0 Å². The number of carbonyl (C=O) groups is 1. The molecule has 3 N–H and O–H groups in total. The number of rotatable bonds is 6. The summed E-state index contributed by atoms with van der Waals surface area (Å²) in [6.07, 6.45) is 4.69. The maximum Gasteiger partial charge on any atom is 0.270 e. The van der Waals surface area contributed by atoms with Crippen molar-refractivity contribution in [1.29, 1.82) is 0 Å². The first-order chi connectivity index (χ1) is 16.1. The smallest absolute Gasteiger partial charge is 0.270 e. The second-order valence-electron chi connectivity index (χ2n) is 7.67. The molecule has 0 unspecified atom stereocenters. The average Bonchev–Trinajstić information content (AvgIpc) is 3.31. The number of pyridine rings is 1. The van der Waals surface area contributed by atoms with Crippen molar-refractivity contribution in [1.82, 2.24) is 35.4 Å². The van der Waals surface area contributed by atoms with E-state index in [1.807, 2.05) is 37.4 Å². The van der Waals surface area contributed by atoms with Crippen molar-refractivity contribution in [3.8, 4) is 23.1 Å². The van der Waals surface area contributed by atoms with E-state index < -0.39 is 0 Å². The van der Waals surface area contributed by atoms with Crippen LogP contribution in [0.15, 0.2) is 53.2 Å². The number of nitrogens with one attached hydrogen (secondary N) is 1. The maximum atomic E-state index is 12.2. The van der Waals surface area contributed by atoms with Gasteiger partial charge < -0.3 is 20.5 Å². The number of anilines is 3. The SMILES string of the molecule is CN(c1ccccc1)c1nc(N)nc(-c2noc(-c3ccc(C(=O)NC4CCC4)nc3)n2)n1. The zero-order chi connectivity index (χ0) is 22.8. The van der Waals surface area contributed by atoms with Crippen molar-refractivity contribution in [3.63, 3.8) is 0 Å². The van der Waals surface area contributed by atoms with E-state index in [9.17, 15) is 4.79 Å². The second-order valence-corrected chi connectivity index (χ2v) is 7.67. The van der Waals surface area contributed by atoms with Crippen molar-refractivity contribution in [2.45, 2.75) is 25.3 Å². The van der Waals surface area contributed by atoms with Gasteiger partial charge >= 0.3 is 0 Å². The highest BCUT2D eigenvalue weighted by Gasteiger charge is 2.21. The summed E-state index contributed by atoms with van der Waals surface area (Å²) >= 11 is 0. The van der Waals surface area contributed by atoms with Crippen LogP contribution in [0.2, 0.25) is 0 Å². The van der Waals surface area contributed by atoms with E-state index in [0.29, 0.717) is 17.2 Å². The van der Waals surface area contributed by atoms with Gasteiger partial charge in [0, 0.05) is 25.0 Å². The molecular formula is C22H21N9O2. The molecular weight excluding hydrogens is 422 g/mol. The van der Waals surface area contributed by atoms with Crippen LogP contribution in [0.3, 0.4) is 0 Å². The lowest BCUT2D eigenvalue weighted by atomic mass is 9.93. The van der Waals surface area contributed by atoms with Crippen LogP contribution in [-0.2, 0) is 0 Å². The molecule has 1 fully saturated rings. The van der Waals surface area contributed by atoms with Gasteiger partial charge in [0.2, 0.25) is 23.5 Å². The van der Waals surface area contributed by atoms with Gasteiger partial charge in [-0.2, -0.15) is 19.9 Å². The van der Waals surface area contributed by atoms with Crippen LogP contribution in [0.1, 0.15) is 29.8 Å². The normalized spacial score (nSPS) is 13.4. The number of carbonyl (C=O) groups excluding carboxylic acids is 1. The third-order valence-corrected chi connectivity index (χ3v) is 5.39. The van der Waals surface area contributed by atoms with E-state index in [4.69, 9.17) is 10.3 Å². The molecule has 4 aromatic rings. The van der Waals surface area contributed by atoms with E-state index >= 15 is 0 Å². The molecule has 0 saturated heterocycles. The van der Waals surface area contributed by atoms with Crippen molar-refractivity contribution in [2.24, 2.45) is 0 Å². The Kier molecular flexibility index (Phi) is 5.35. The van der Waals surface area contributed by atoms with Gasteiger partial charge in [-0.25, -0.2) is 0 Å². The van der Waals surface area contributed by atoms with Crippen LogP contribution in [0.25, 0.3) is 23.1 Å². The lowest BCUT2D eigenvalue weighted by Gasteiger charge is -2.26. The lowest BCUT2D eigenvalue weighted by Crippen LogP contribution is -2.39. The summed E-state index contributed by atoms with van der Waals surface area (Å²) in [6, 6.07) is 13.2. The average molecular weight is 443 g/mol. The molecule has 0 atom stereocenters. The predicted octanol–water partition coefficient (Wildman–Crippen LogP) is 2.62. The Bertz CT molecular complexity index is 1270. The molecule has 1 amide bonds. The molecule has 1 aromatic carbocycles. The van der Waals surface area contributed by atoms with E-state index in [1.54, 1.807) is 17.0 Å². The van der Waals surface area contributed by atoms with Crippen molar-refractivity contribution >= 4 is 23.5 Å². The predicted molar refractivity (Wildman–Crippen MR) is 120 cm³/mol. The van der Waals surface area contributed by atoms with Gasteiger partial charge in [-0.1, -0.05) is 23.4 Å². The number of nitrogens with zero attached hydrogens (tertiary/aromatic N) is 7. The van der Waals surface area contributed by atoms with Gasteiger partial charge in [0.15, 0.2) is 0 Å². The molecule has 1 aliphatic carbocycles. The molecule has 0 radical (unpaired) electrons. The van der Waals surface area contributed by atoms with Crippen LogP contribution >= 0.6 is 0 Å². The first-order valence-electron chi connectivity index (χ1n) is 10.5. The largest absolute Gasteiger partial charge is 0.368 e. The number of hydrogen-bond donors (Lipinski definition) is 2. The van der Waals surface area contributed by atoms with E-state index in [2.05, 4.69) is 35.4 Å². The standard InChI is InChI=1S/C22H21N9O2/c1-31(15-8-3-2-4-9-15)22-28-17(27-21(23)29-22)18-26-20(33-30-18)13-10-11-16(24-12-13)19(32)25-14-6-5-7-14/h2-4,8-12,14H,5-7H2,1H3,(H,25,32)(H2,23,27,28,29). The van der Waals surface area contributed by atoms with Crippen LogP contribution in [0, 0.1) is 0 Å². The first-order valence-corrected chi connectivity index (χ1v) is 10.5. The van der Waals surface area contributed by atoms with Crippen LogP contribution in [0.4, 0.5) is 17.6 Å². The molecule has 3 heterocycles. The van der Waals surface area contributed by atoms with Gasteiger partial charge in [-0.15, -0.1) is 0 Å². The molecule has 11 nitrogen and oxygen atoms in total. The van der Waals surface area contributed by atoms with Crippen LogP contribution in [-0.4, -0.2) is 49.1 Å². The summed E-state index contributed by atoms with van der Waals surface area (Å²) in [5.41, 5.74) is 7.69. The quantitative estimate of drug-likeness (QED) is 0.455. The summed E-state index contributed by atoms with van der Waals surface area (Å²) in [6.45, 7) is 0. The first kappa shape index (κ1) is 20.5. The number of para-hydroxylation sites is 1. The summed E-state index contributed by atoms with van der Waals surface area (Å²) < 4.78 is 5.36. The highest BCUT2D eigenvalue weighted by atomic mass is 16.5. The molecule has 11 heteroatoms. The van der Waals surface area contributed by atoms with Crippen molar-refractivity contribution in [2.75, 3.05) is 17.7 Å². The van der Waals surface area contributed by atoms with Crippen molar-refractivity contribution < 1.29 is 9.32 Å². The van der Waals surface area contributed by atoms with Crippen LogP contribution < -0.4 is 16.0 Å². The number of aromatic nitrogens is 6. The highest BCUT2D eigenvalue weighted by Crippen LogP contribution is 2.24. The molecule has 0 aliphatic heterocycles. The minimum Gasteiger partial charge on any atom is -0.368 e. The third-order valence-electron chi connectivity index (χ3n) is 5.39. The molecule has 0 bridgehead atoms. The number of amides is 1. The van der Waals surface area contributed by atoms with E-state index in [-0.39, 0.29) is 35.4 Å².